The molecule has 39 heavy (non-hydrogen) atoms. The van der Waals surface area contributed by atoms with Crippen LogP contribution in [0.15, 0.2) is 72.1 Å². The number of thiophene rings is 1. The van der Waals surface area contributed by atoms with E-state index >= 15 is 0 Å². The second kappa shape index (κ2) is 12.6. The number of ether oxygens (including phenoxy) is 2. The average molecular weight is 563 g/mol. The van der Waals surface area contributed by atoms with Gasteiger partial charge >= 0.3 is 5.97 Å². The van der Waals surface area contributed by atoms with E-state index in [-0.39, 0.29) is 19.1 Å². The molecule has 0 saturated carbocycles. The number of carbonyl (C=O) groups is 3. The third-order valence-electron chi connectivity index (χ3n) is 5.81. The summed E-state index contributed by atoms with van der Waals surface area (Å²) in [6.07, 6.45) is 0. The highest BCUT2D eigenvalue weighted by atomic mass is 35.5. The topological polar surface area (TPSA) is 93.7 Å². The molecule has 0 spiro atoms. The van der Waals surface area contributed by atoms with E-state index in [1.165, 1.54) is 11.3 Å². The number of carbonyl (C=O) groups excluding carboxylic acids is 3. The molecule has 0 fully saturated rings. The predicted molar refractivity (Wildman–Crippen MR) is 155 cm³/mol. The summed E-state index contributed by atoms with van der Waals surface area (Å²) in [5, 5.41) is 8.43. The van der Waals surface area contributed by atoms with E-state index in [0.717, 1.165) is 16.7 Å². The van der Waals surface area contributed by atoms with Gasteiger partial charge in [-0.25, -0.2) is 4.79 Å². The van der Waals surface area contributed by atoms with Crippen molar-refractivity contribution >= 4 is 51.4 Å². The van der Waals surface area contributed by atoms with E-state index in [2.05, 4.69) is 10.6 Å². The van der Waals surface area contributed by atoms with Crippen LogP contribution in [0.4, 0.5) is 10.7 Å². The zero-order chi connectivity index (χ0) is 27.9. The van der Waals surface area contributed by atoms with Gasteiger partial charge in [-0.2, -0.15) is 0 Å². The second-order valence-corrected chi connectivity index (χ2v) is 10.0. The minimum atomic E-state index is -0.506. The molecule has 7 nitrogen and oxygen atoms in total. The Labute approximate surface area is 235 Å². The van der Waals surface area contributed by atoms with Crippen molar-refractivity contribution in [2.75, 3.05) is 23.8 Å². The summed E-state index contributed by atoms with van der Waals surface area (Å²) in [6.45, 7) is 5.51. The molecule has 1 heterocycles. The van der Waals surface area contributed by atoms with Gasteiger partial charge in [-0.05, 0) is 74.4 Å². The van der Waals surface area contributed by atoms with Gasteiger partial charge in [-0.1, -0.05) is 41.4 Å². The first kappa shape index (κ1) is 27.9. The number of aryl methyl sites for hydroxylation is 2. The molecule has 0 aliphatic carbocycles. The van der Waals surface area contributed by atoms with Crippen LogP contribution >= 0.6 is 22.9 Å². The van der Waals surface area contributed by atoms with Crippen LogP contribution in [0.5, 0.6) is 5.75 Å². The monoisotopic (exact) mass is 562 g/mol. The molecule has 200 valence electrons. The zero-order valence-electron chi connectivity index (χ0n) is 21.7. The average Bonchev–Trinajstić information content (AvgIpc) is 3.33. The van der Waals surface area contributed by atoms with E-state index in [4.69, 9.17) is 21.1 Å². The zero-order valence-corrected chi connectivity index (χ0v) is 23.2. The summed E-state index contributed by atoms with van der Waals surface area (Å²) in [5.74, 6) is -0.800. The number of rotatable bonds is 9. The lowest BCUT2D eigenvalue weighted by atomic mass is 10.0. The van der Waals surface area contributed by atoms with Crippen molar-refractivity contribution in [1.29, 1.82) is 0 Å². The van der Waals surface area contributed by atoms with Crippen LogP contribution in [0.1, 0.15) is 38.8 Å². The van der Waals surface area contributed by atoms with Crippen molar-refractivity contribution in [2.45, 2.75) is 20.8 Å². The van der Waals surface area contributed by atoms with E-state index in [1.54, 1.807) is 49.4 Å². The Kier molecular flexibility index (Phi) is 9.01. The number of halogens is 1. The Hall–Kier alpha value is -4.14. The Bertz CT molecular complexity index is 1500. The van der Waals surface area contributed by atoms with E-state index in [1.807, 2.05) is 43.5 Å². The maximum absolute atomic E-state index is 12.7. The largest absolute Gasteiger partial charge is 0.484 e. The first-order valence-electron chi connectivity index (χ1n) is 12.2. The maximum atomic E-state index is 12.7. The summed E-state index contributed by atoms with van der Waals surface area (Å²) in [4.78, 5) is 38.0. The molecule has 0 atom stereocenters. The molecule has 4 aromatic rings. The van der Waals surface area contributed by atoms with Crippen molar-refractivity contribution in [1.82, 2.24) is 0 Å². The quantitative estimate of drug-likeness (QED) is 0.212. The molecule has 0 saturated heterocycles. The fraction of sp³-hybridized carbons (Fsp3) is 0.167. The summed E-state index contributed by atoms with van der Waals surface area (Å²) in [5.41, 5.74) is 4.91. The summed E-state index contributed by atoms with van der Waals surface area (Å²) in [7, 11) is 0. The van der Waals surface area contributed by atoms with Crippen LogP contribution in [0, 0.1) is 13.8 Å². The van der Waals surface area contributed by atoms with Crippen LogP contribution in [0.3, 0.4) is 0 Å². The third kappa shape index (κ3) is 7.04. The molecule has 2 amide bonds. The lowest BCUT2D eigenvalue weighted by molar-refractivity contribution is -0.118. The molecule has 0 radical (unpaired) electrons. The molecule has 4 rings (SSSR count). The summed E-state index contributed by atoms with van der Waals surface area (Å²) in [6, 6.07) is 19.4. The third-order valence-corrected chi connectivity index (χ3v) is 6.94. The van der Waals surface area contributed by atoms with Gasteiger partial charge in [0.1, 0.15) is 16.3 Å². The molecule has 0 bridgehead atoms. The van der Waals surface area contributed by atoms with Gasteiger partial charge in [0.25, 0.3) is 11.8 Å². The molecule has 0 aliphatic rings. The van der Waals surface area contributed by atoms with E-state index in [0.29, 0.717) is 38.2 Å². The fourth-order valence-corrected chi connectivity index (χ4v) is 4.98. The highest BCUT2D eigenvalue weighted by molar-refractivity contribution is 7.15. The Balaban J connectivity index is 1.39. The van der Waals surface area contributed by atoms with Crippen molar-refractivity contribution < 1.29 is 23.9 Å². The van der Waals surface area contributed by atoms with Crippen molar-refractivity contribution in [2.24, 2.45) is 0 Å². The molecule has 2 N–H and O–H groups in total. The number of anilines is 2. The van der Waals surface area contributed by atoms with Crippen LogP contribution in [-0.2, 0) is 9.53 Å². The van der Waals surface area contributed by atoms with Gasteiger partial charge in [0, 0.05) is 27.2 Å². The van der Waals surface area contributed by atoms with Crippen LogP contribution in [0.2, 0.25) is 5.02 Å². The number of benzene rings is 3. The van der Waals surface area contributed by atoms with Crippen molar-refractivity contribution in [3.8, 4) is 16.9 Å². The molecule has 9 heteroatoms. The van der Waals surface area contributed by atoms with Crippen molar-refractivity contribution in [3.05, 3.63) is 99.4 Å². The van der Waals surface area contributed by atoms with Gasteiger partial charge in [-0.15, -0.1) is 11.3 Å². The van der Waals surface area contributed by atoms with Gasteiger partial charge < -0.3 is 20.1 Å². The SMILES string of the molecule is CCOC(=O)c1c(-c2ccc(C)cc2)csc1NC(=O)COc1ccc(C(=O)Nc2ccc(Cl)cc2C)cc1. The number of hydrogen-bond donors (Lipinski definition) is 2. The molecular formula is C30H27ClN2O5S. The molecule has 0 aliphatic heterocycles. The minimum Gasteiger partial charge on any atom is -0.484 e. The van der Waals surface area contributed by atoms with Gasteiger partial charge in [0.05, 0.1) is 6.61 Å². The number of hydrogen-bond acceptors (Lipinski definition) is 6. The molecule has 0 unspecified atom stereocenters. The Morgan fingerprint density at radius 2 is 1.64 bits per heavy atom. The smallest absolute Gasteiger partial charge is 0.341 e. The molecule has 3 aromatic carbocycles. The Morgan fingerprint density at radius 3 is 2.31 bits per heavy atom. The lowest BCUT2D eigenvalue weighted by Crippen LogP contribution is -2.21. The first-order valence-corrected chi connectivity index (χ1v) is 13.5. The van der Waals surface area contributed by atoms with Gasteiger partial charge in [-0.3, -0.25) is 9.59 Å². The predicted octanol–water partition coefficient (Wildman–Crippen LogP) is 7.13. The number of esters is 1. The minimum absolute atomic E-state index is 0.214. The first-order chi connectivity index (χ1) is 18.7. The maximum Gasteiger partial charge on any atom is 0.341 e. The standard InChI is InChI=1S/C30H27ClN2O5S/c1-4-37-30(36)27-24(20-7-5-18(2)6-8-20)17-39-29(27)33-26(34)16-38-23-12-9-21(10-13-23)28(35)32-25-14-11-22(31)15-19(25)3/h5-15,17H,4,16H2,1-3H3,(H,32,35)(H,33,34). The fourth-order valence-electron chi connectivity index (χ4n) is 3.78. The van der Waals surface area contributed by atoms with Crippen molar-refractivity contribution in [3.63, 3.8) is 0 Å². The van der Waals surface area contributed by atoms with E-state index in [9.17, 15) is 14.4 Å². The lowest BCUT2D eigenvalue weighted by Gasteiger charge is -2.11. The number of amides is 2. The highest BCUT2D eigenvalue weighted by Gasteiger charge is 2.23. The van der Waals surface area contributed by atoms with E-state index < -0.39 is 11.9 Å². The summed E-state index contributed by atoms with van der Waals surface area (Å²) >= 11 is 7.22. The van der Waals surface area contributed by atoms with Gasteiger partial charge in [0.15, 0.2) is 6.61 Å². The van der Waals surface area contributed by atoms with Crippen LogP contribution < -0.4 is 15.4 Å². The highest BCUT2D eigenvalue weighted by Crippen LogP contribution is 2.36. The van der Waals surface area contributed by atoms with Crippen LogP contribution in [0.25, 0.3) is 11.1 Å². The van der Waals surface area contributed by atoms with Gasteiger partial charge in [0.2, 0.25) is 0 Å². The number of nitrogens with one attached hydrogen (secondary N) is 2. The second-order valence-electron chi connectivity index (χ2n) is 8.71. The normalized spacial score (nSPS) is 10.6. The summed E-state index contributed by atoms with van der Waals surface area (Å²) < 4.78 is 10.9. The van der Waals surface area contributed by atoms with Crippen LogP contribution in [-0.4, -0.2) is 31.0 Å². The molecular weight excluding hydrogens is 536 g/mol. The Morgan fingerprint density at radius 1 is 0.923 bits per heavy atom. The molecule has 1 aromatic heterocycles.